The lowest BCUT2D eigenvalue weighted by molar-refractivity contribution is -0.163. The molecule has 4 aliphatic heterocycles. The Morgan fingerprint density at radius 1 is 1.31 bits per heavy atom. The van der Waals surface area contributed by atoms with Crippen molar-refractivity contribution in [2.24, 2.45) is 11.8 Å². The number of aliphatic hydroxyl groups is 1. The van der Waals surface area contributed by atoms with Crippen LogP contribution in [0.15, 0.2) is 10.6 Å². The molecule has 6 atom stereocenters. The Morgan fingerprint density at radius 2 is 2.00 bits per heavy atom. The van der Waals surface area contributed by atoms with E-state index in [1.807, 2.05) is 6.92 Å². The maximum absolute atomic E-state index is 12.4. The average Bonchev–Trinajstić information content (AvgIpc) is 3.18. The van der Waals surface area contributed by atoms with Gasteiger partial charge < -0.3 is 25.3 Å². The van der Waals surface area contributed by atoms with E-state index >= 15 is 0 Å². The first-order valence-corrected chi connectivity index (χ1v) is 11.3. The monoisotopic (exact) mass is 423 g/mol. The van der Waals surface area contributed by atoms with Gasteiger partial charge in [0.2, 0.25) is 5.91 Å². The maximum Gasteiger partial charge on any atom is 0.353 e. The van der Waals surface area contributed by atoms with Gasteiger partial charge in [0.1, 0.15) is 11.5 Å². The molecule has 29 heavy (non-hydrogen) atoms. The number of carbonyl (C=O) groups is 3. The second kappa shape index (κ2) is 8.02. The van der Waals surface area contributed by atoms with Gasteiger partial charge in [-0.25, -0.2) is 4.79 Å². The number of fused-ring (bicyclic) bond motifs is 1. The fraction of sp³-hybridized carbons (Fsp3) is 0.750. The molecule has 3 N–H and O–H groups in total. The van der Waals surface area contributed by atoms with Gasteiger partial charge in [0.25, 0.3) is 0 Å². The Labute approximate surface area is 174 Å². The summed E-state index contributed by atoms with van der Waals surface area (Å²) >= 11 is 1.58. The number of ketones is 1. The minimum Gasteiger partial charge on any atom is -0.477 e. The van der Waals surface area contributed by atoms with Gasteiger partial charge in [-0.05, 0) is 13.3 Å². The van der Waals surface area contributed by atoms with E-state index < -0.39 is 18.0 Å². The van der Waals surface area contributed by atoms with E-state index in [0.717, 1.165) is 37.5 Å². The van der Waals surface area contributed by atoms with Gasteiger partial charge in [-0.15, -0.1) is 11.8 Å². The summed E-state index contributed by atoms with van der Waals surface area (Å²) in [5, 5.41) is 23.5. The predicted molar refractivity (Wildman–Crippen MR) is 108 cm³/mol. The van der Waals surface area contributed by atoms with Crippen molar-refractivity contribution in [2.45, 2.75) is 56.5 Å². The number of carbonyl (C=O) groups excluding carboxylic acids is 2. The lowest BCUT2D eigenvalue weighted by Gasteiger charge is -2.46. The number of carboxylic acids is 1. The number of aliphatic hydroxyl groups excluding tert-OH is 1. The number of carboxylic acid groups (broad SMARTS) is 1. The molecule has 0 aliphatic carbocycles. The van der Waals surface area contributed by atoms with E-state index in [4.69, 9.17) is 0 Å². The highest BCUT2D eigenvalue weighted by Crippen LogP contribution is 2.51. The van der Waals surface area contributed by atoms with Crippen LogP contribution in [0.3, 0.4) is 0 Å². The van der Waals surface area contributed by atoms with Crippen molar-refractivity contribution in [1.29, 1.82) is 0 Å². The van der Waals surface area contributed by atoms with Gasteiger partial charge >= 0.3 is 5.97 Å². The van der Waals surface area contributed by atoms with E-state index in [2.05, 4.69) is 10.2 Å². The Hall–Kier alpha value is -1.42. The fourth-order valence-electron chi connectivity index (χ4n) is 5.17. The fourth-order valence-corrected chi connectivity index (χ4v) is 6.68. The topological polar surface area (TPSA) is 110 Å². The molecule has 4 heterocycles. The Balaban J connectivity index is 1.40. The van der Waals surface area contributed by atoms with Crippen LogP contribution in [0.4, 0.5) is 0 Å². The van der Waals surface area contributed by atoms with Gasteiger partial charge in [-0.1, -0.05) is 6.92 Å². The van der Waals surface area contributed by atoms with E-state index in [1.54, 1.807) is 18.7 Å². The van der Waals surface area contributed by atoms with Crippen molar-refractivity contribution >= 4 is 29.4 Å². The van der Waals surface area contributed by atoms with Gasteiger partial charge in [0, 0.05) is 61.1 Å². The number of β-lactam (4-membered cyclic amide) rings is 1. The number of nitrogens with zero attached hydrogens (tertiary/aromatic N) is 2. The van der Waals surface area contributed by atoms with Gasteiger partial charge in [0.15, 0.2) is 0 Å². The number of Topliss-reactive ketones (excluding diaryl/α,β-unsaturated/α-hetero) is 1. The van der Waals surface area contributed by atoms with Crippen LogP contribution in [-0.2, 0) is 14.4 Å². The Kier molecular flexibility index (Phi) is 5.76. The zero-order chi connectivity index (χ0) is 20.9. The highest BCUT2D eigenvalue weighted by atomic mass is 32.2. The molecule has 8 nitrogen and oxygen atoms in total. The molecule has 0 spiro atoms. The normalized spacial score (nSPS) is 36.4. The summed E-state index contributed by atoms with van der Waals surface area (Å²) in [6, 6.07) is 0.0716. The first-order chi connectivity index (χ1) is 13.8. The standard InChI is InChI=1S/C20H29N3O5S/c1-10-16-15(11(2)24)19(26)23(16)17(20(27)28)18(10)29-14-7-12(21-8-14)9-22-5-3-13(25)4-6-22/h10-12,14-16,21,24H,3-9H2,1-2H3,(H,27,28)/t10-,11-,12?,14+,15?,16?/m1/s1. The molecule has 9 heteroatoms. The zero-order valence-corrected chi connectivity index (χ0v) is 17.7. The molecule has 1 amide bonds. The number of rotatable bonds is 6. The summed E-state index contributed by atoms with van der Waals surface area (Å²) < 4.78 is 0. The van der Waals surface area contributed by atoms with Crippen molar-refractivity contribution in [3.8, 4) is 0 Å². The number of hydrogen-bond acceptors (Lipinski definition) is 7. The van der Waals surface area contributed by atoms with Crippen molar-refractivity contribution in [2.75, 3.05) is 26.2 Å². The summed E-state index contributed by atoms with van der Waals surface area (Å²) in [7, 11) is 0. The number of nitrogens with one attached hydrogen (secondary N) is 1. The molecule has 3 fully saturated rings. The molecule has 0 aromatic heterocycles. The van der Waals surface area contributed by atoms with E-state index in [0.29, 0.717) is 24.7 Å². The lowest BCUT2D eigenvalue weighted by Crippen LogP contribution is -2.63. The predicted octanol–water partition coefficient (Wildman–Crippen LogP) is 0.269. The first kappa shape index (κ1) is 20.8. The molecular formula is C20H29N3O5S. The van der Waals surface area contributed by atoms with Gasteiger partial charge in [0.05, 0.1) is 18.1 Å². The molecule has 0 aromatic carbocycles. The number of thioether (sulfide) groups is 1. The summed E-state index contributed by atoms with van der Waals surface area (Å²) in [5.41, 5.74) is 0.104. The molecule has 3 unspecified atom stereocenters. The second-order valence-electron chi connectivity index (χ2n) is 8.69. The molecule has 160 valence electrons. The first-order valence-electron chi connectivity index (χ1n) is 10.4. The zero-order valence-electron chi connectivity index (χ0n) is 16.8. The third-order valence-electron chi connectivity index (χ3n) is 6.68. The molecule has 4 aliphatic rings. The van der Waals surface area contributed by atoms with Crippen LogP contribution >= 0.6 is 11.8 Å². The van der Waals surface area contributed by atoms with Crippen LogP contribution in [0.2, 0.25) is 0 Å². The number of amides is 1. The average molecular weight is 424 g/mol. The van der Waals surface area contributed by atoms with Crippen molar-refractivity contribution in [1.82, 2.24) is 15.1 Å². The molecule has 0 saturated carbocycles. The molecule has 0 radical (unpaired) electrons. The molecule has 0 aromatic rings. The molecular weight excluding hydrogens is 394 g/mol. The molecule has 0 bridgehead atoms. The Bertz CT molecular complexity index is 744. The van der Waals surface area contributed by atoms with E-state index in [1.165, 1.54) is 4.90 Å². The van der Waals surface area contributed by atoms with Crippen LogP contribution in [0.1, 0.15) is 33.1 Å². The highest BCUT2D eigenvalue weighted by molar-refractivity contribution is 8.03. The third kappa shape index (κ3) is 3.73. The lowest BCUT2D eigenvalue weighted by atomic mass is 9.79. The van der Waals surface area contributed by atoms with Crippen molar-refractivity contribution in [3.05, 3.63) is 10.6 Å². The summed E-state index contributed by atoms with van der Waals surface area (Å²) in [6.07, 6.45) is 1.41. The van der Waals surface area contributed by atoms with E-state index in [9.17, 15) is 24.6 Å². The smallest absolute Gasteiger partial charge is 0.353 e. The largest absolute Gasteiger partial charge is 0.477 e. The van der Waals surface area contributed by atoms with Crippen LogP contribution in [-0.4, -0.2) is 87.3 Å². The number of likely N-dealkylation sites (tertiary alicyclic amines) is 1. The van der Waals surface area contributed by atoms with E-state index in [-0.39, 0.29) is 28.8 Å². The second-order valence-corrected chi connectivity index (χ2v) is 10.0. The summed E-state index contributed by atoms with van der Waals surface area (Å²) in [6.45, 7) is 6.89. The highest BCUT2D eigenvalue weighted by Gasteiger charge is 2.60. The summed E-state index contributed by atoms with van der Waals surface area (Å²) in [4.78, 5) is 40.2. The number of hydrogen-bond donors (Lipinski definition) is 3. The van der Waals surface area contributed by atoms with Crippen LogP contribution < -0.4 is 5.32 Å². The van der Waals surface area contributed by atoms with Crippen LogP contribution in [0.5, 0.6) is 0 Å². The minimum atomic E-state index is -1.07. The number of aliphatic carboxylic acids is 1. The molecule has 3 saturated heterocycles. The minimum absolute atomic E-state index is 0.0874. The molecule has 4 rings (SSSR count). The van der Waals surface area contributed by atoms with Gasteiger partial charge in [-0.3, -0.25) is 9.59 Å². The van der Waals surface area contributed by atoms with Crippen molar-refractivity contribution < 1.29 is 24.6 Å². The van der Waals surface area contributed by atoms with Crippen LogP contribution in [0, 0.1) is 11.8 Å². The van der Waals surface area contributed by atoms with Crippen molar-refractivity contribution in [3.63, 3.8) is 0 Å². The number of piperidine rings is 1. The van der Waals surface area contributed by atoms with Gasteiger partial charge in [-0.2, -0.15) is 0 Å². The summed E-state index contributed by atoms with van der Waals surface area (Å²) in [5.74, 6) is -1.62. The SMILES string of the molecule is C[C@@H](O)C1C(=O)N2C(C(=O)O)=C(S[C@@H]3CNC(CN4CCC(=O)CC4)C3)[C@H](C)C12. The third-order valence-corrected chi connectivity index (χ3v) is 8.19. The maximum atomic E-state index is 12.4. The van der Waals surface area contributed by atoms with Crippen LogP contribution in [0.25, 0.3) is 0 Å². The quantitative estimate of drug-likeness (QED) is 0.522. The Morgan fingerprint density at radius 3 is 2.62 bits per heavy atom.